The van der Waals surface area contributed by atoms with E-state index in [4.69, 9.17) is 0 Å². The number of aromatic nitrogens is 1. The van der Waals surface area contributed by atoms with E-state index in [9.17, 15) is 14.4 Å². The van der Waals surface area contributed by atoms with Crippen molar-refractivity contribution in [3.8, 4) is 0 Å². The zero-order valence-corrected chi connectivity index (χ0v) is 14.5. The van der Waals surface area contributed by atoms with E-state index in [1.165, 1.54) is 19.3 Å². The number of carbonyl (C=O) groups excluding carboxylic acids is 3. The van der Waals surface area contributed by atoms with Gasteiger partial charge in [0.1, 0.15) is 0 Å². The lowest BCUT2D eigenvalue weighted by Crippen LogP contribution is -2.50. The van der Waals surface area contributed by atoms with Crippen molar-refractivity contribution in [3.63, 3.8) is 0 Å². The van der Waals surface area contributed by atoms with Gasteiger partial charge in [-0.15, -0.1) is 0 Å². The molecular weight excluding hydrogens is 320 g/mol. The number of nitrogens with one attached hydrogen (secondary N) is 1. The summed E-state index contributed by atoms with van der Waals surface area (Å²) in [6.07, 6.45) is 7.30. The molecule has 1 saturated carbocycles. The highest BCUT2D eigenvalue weighted by Gasteiger charge is 2.24. The van der Waals surface area contributed by atoms with Crippen LogP contribution in [-0.4, -0.2) is 64.7 Å². The Morgan fingerprint density at radius 1 is 1.00 bits per heavy atom. The Morgan fingerprint density at radius 2 is 1.60 bits per heavy atom. The smallest absolute Gasteiger partial charge is 0.255 e. The molecule has 1 N–H and O–H groups in total. The molecule has 1 aliphatic heterocycles. The predicted octanol–water partition coefficient (Wildman–Crippen LogP) is 1.06. The Labute approximate surface area is 147 Å². The van der Waals surface area contributed by atoms with Crippen LogP contribution < -0.4 is 5.32 Å². The standard InChI is InChI=1S/C18H24N4O3/c1-13(23)21-6-8-22(9-7-21)18(25)15-10-14(11-19-12-15)17(24)20-16-4-2-3-5-16/h10-12,16H,2-9H2,1H3,(H,20,24). The number of hydrogen-bond donors (Lipinski definition) is 1. The third-order valence-corrected chi connectivity index (χ3v) is 4.95. The van der Waals surface area contributed by atoms with Crippen LogP contribution in [0.5, 0.6) is 0 Å². The number of nitrogens with zero attached hydrogens (tertiary/aromatic N) is 3. The van der Waals surface area contributed by atoms with Crippen LogP contribution in [0.4, 0.5) is 0 Å². The third kappa shape index (κ3) is 4.15. The molecule has 0 atom stereocenters. The fraction of sp³-hybridized carbons (Fsp3) is 0.556. The Bertz CT molecular complexity index is 662. The molecule has 1 aromatic heterocycles. The maximum Gasteiger partial charge on any atom is 0.255 e. The topological polar surface area (TPSA) is 82.6 Å². The van der Waals surface area contributed by atoms with Gasteiger partial charge in [-0.3, -0.25) is 19.4 Å². The second kappa shape index (κ2) is 7.63. The molecule has 134 valence electrons. The molecule has 25 heavy (non-hydrogen) atoms. The van der Waals surface area contributed by atoms with Crippen LogP contribution in [0.1, 0.15) is 53.3 Å². The average molecular weight is 344 g/mol. The largest absolute Gasteiger partial charge is 0.349 e. The van der Waals surface area contributed by atoms with E-state index in [1.54, 1.807) is 15.9 Å². The van der Waals surface area contributed by atoms with E-state index >= 15 is 0 Å². The van der Waals surface area contributed by atoms with Crippen molar-refractivity contribution in [2.24, 2.45) is 0 Å². The summed E-state index contributed by atoms with van der Waals surface area (Å²) >= 11 is 0. The van der Waals surface area contributed by atoms with E-state index in [-0.39, 0.29) is 23.8 Å². The van der Waals surface area contributed by atoms with Crippen molar-refractivity contribution in [1.82, 2.24) is 20.1 Å². The SMILES string of the molecule is CC(=O)N1CCN(C(=O)c2cncc(C(=O)NC3CCCC3)c2)CC1. The van der Waals surface area contributed by atoms with E-state index in [0.717, 1.165) is 25.7 Å². The van der Waals surface area contributed by atoms with Crippen LogP contribution in [0.15, 0.2) is 18.5 Å². The first-order chi connectivity index (χ1) is 12.0. The summed E-state index contributed by atoms with van der Waals surface area (Å²) in [5.74, 6) is -0.291. The molecule has 1 saturated heterocycles. The molecule has 3 rings (SSSR count). The van der Waals surface area contributed by atoms with Crippen molar-refractivity contribution in [2.45, 2.75) is 38.6 Å². The quantitative estimate of drug-likeness (QED) is 0.889. The molecular formula is C18H24N4O3. The van der Waals surface area contributed by atoms with Gasteiger partial charge >= 0.3 is 0 Å². The molecule has 0 unspecified atom stereocenters. The number of rotatable bonds is 3. The highest BCUT2D eigenvalue weighted by atomic mass is 16.2. The molecule has 0 spiro atoms. The maximum atomic E-state index is 12.6. The van der Waals surface area contributed by atoms with Gasteiger partial charge in [-0.05, 0) is 18.9 Å². The van der Waals surface area contributed by atoms with Crippen LogP contribution in [0, 0.1) is 0 Å². The Hall–Kier alpha value is -2.44. The first-order valence-corrected chi connectivity index (χ1v) is 8.85. The lowest BCUT2D eigenvalue weighted by Gasteiger charge is -2.34. The predicted molar refractivity (Wildman–Crippen MR) is 92.1 cm³/mol. The van der Waals surface area contributed by atoms with Crippen molar-refractivity contribution >= 4 is 17.7 Å². The fourth-order valence-corrected chi connectivity index (χ4v) is 3.43. The highest BCUT2D eigenvalue weighted by Crippen LogP contribution is 2.18. The molecule has 1 aromatic rings. The summed E-state index contributed by atoms with van der Waals surface area (Å²) in [4.78, 5) is 43.9. The molecule has 7 nitrogen and oxygen atoms in total. The highest BCUT2D eigenvalue weighted by molar-refractivity contribution is 5.99. The van der Waals surface area contributed by atoms with Gasteiger partial charge in [0.2, 0.25) is 5.91 Å². The normalized spacial score (nSPS) is 18.3. The van der Waals surface area contributed by atoms with E-state index in [0.29, 0.717) is 37.3 Å². The van der Waals surface area contributed by atoms with Crippen molar-refractivity contribution in [1.29, 1.82) is 0 Å². The summed E-state index contributed by atoms with van der Waals surface area (Å²) < 4.78 is 0. The summed E-state index contributed by atoms with van der Waals surface area (Å²) in [7, 11) is 0. The maximum absolute atomic E-state index is 12.6. The summed E-state index contributed by atoms with van der Waals surface area (Å²) in [5, 5.41) is 3.01. The molecule has 0 radical (unpaired) electrons. The third-order valence-electron chi connectivity index (χ3n) is 4.95. The molecule has 0 bridgehead atoms. The monoisotopic (exact) mass is 344 g/mol. The number of hydrogen-bond acceptors (Lipinski definition) is 4. The summed E-state index contributed by atoms with van der Waals surface area (Å²) in [6.45, 7) is 3.61. The van der Waals surface area contributed by atoms with Crippen LogP contribution in [0.3, 0.4) is 0 Å². The molecule has 1 aliphatic carbocycles. The fourth-order valence-electron chi connectivity index (χ4n) is 3.43. The second-order valence-corrected chi connectivity index (χ2v) is 6.72. The lowest BCUT2D eigenvalue weighted by molar-refractivity contribution is -0.130. The van der Waals surface area contributed by atoms with Gasteiger partial charge in [0.25, 0.3) is 11.8 Å². The molecule has 2 heterocycles. The molecule has 0 aromatic carbocycles. The number of pyridine rings is 1. The minimum absolute atomic E-state index is 0.0272. The van der Waals surface area contributed by atoms with Crippen LogP contribution >= 0.6 is 0 Å². The van der Waals surface area contributed by atoms with E-state index < -0.39 is 0 Å². The van der Waals surface area contributed by atoms with E-state index in [1.807, 2.05) is 0 Å². The van der Waals surface area contributed by atoms with Gasteiger partial charge in [0.05, 0.1) is 11.1 Å². The van der Waals surface area contributed by atoms with Crippen LogP contribution in [0.25, 0.3) is 0 Å². The second-order valence-electron chi connectivity index (χ2n) is 6.72. The zero-order chi connectivity index (χ0) is 17.8. The van der Waals surface area contributed by atoms with Crippen LogP contribution in [-0.2, 0) is 4.79 Å². The zero-order valence-electron chi connectivity index (χ0n) is 14.5. The van der Waals surface area contributed by atoms with Gasteiger partial charge in [-0.2, -0.15) is 0 Å². The summed E-state index contributed by atoms with van der Waals surface area (Å²) in [6, 6.07) is 1.84. The Morgan fingerprint density at radius 3 is 2.24 bits per heavy atom. The van der Waals surface area contributed by atoms with Crippen molar-refractivity contribution in [3.05, 3.63) is 29.6 Å². The van der Waals surface area contributed by atoms with Crippen molar-refractivity contribution < 1.29 is 14.4 Å². The van der Waals surface area contributed by atoms with Gasteiger partial charge in [0.15, 0.2) is 0 Å². The Kier molecular flexibility index (Phi) is 5.31. The van der Waals surface area contributed by atoms with E-state index in [2.05, 4.69) is 10.3 Å². The number of amides is 3. The first kappa shape index (κ1) is 17.4. The van der Waals surface area contributed by atoms with Gasteiger partial charge < -0.3 is 15.1 Å². The molecule has 7 heteroatoms. The number of piperazine rings is 1. The molecule has 2 fully saturated rings. The average Bonchev–Trinajstić information content (AvgIpc) is 3.14. The van der Waals surface area contributed by atoms with Gasteiger partial charge in [0, 0.05) is 51.5 Å². The Balaban J connectivity index is 1.63. The van der Waals surface area contributed by atoms with Crippen molar-refractivity contribution in [2.75, 3.05) is 26.2 Å². The van der Waals surface area contributed by atoms with Crippen LogP contribution in [0.2, 0.25) is 0 Å². The lowest BCUT2D eigenvalue weighted by atomic mass is 10.1. The minimum atomic E-state index is -0.171. The first-order valence-electron chi connectivity index (χ1n) is 8.85. The van der Waals surface area contributed by atoms with Gasteiger partial charge in [-0.25, -0.2) is 0 Å². The minimum Gasteiger partial charge on any atom is -0.349 e. The van der Waals surface area contributed by atoms with Gasteiger partial charge in [-0.1, -0.05) is 12.8 Å². The molecule has 3 amide bonds. The summed E-state index contributed by atoms with van der Waals surface area (Å²) in [5.41, 5.74) is 0.829. The molecule has 2 aliphatic rings. The number of carbonyl (C=O) groups is 3.